The summed E-state index contributed by atoms with van der Waals surface area (Å²) in [7, 11) is 1.67. The first-order chi connectivity index (χ1) is 10.7. The van der Waals surface area contributed by atoms with E-state index < -0.39 is 0 Å². The lowest BCUT2D eigenvalue weighted by Gasteiger charge is -2.15. The molecule has 0 heterocycles. The number of methoxy groups -OCH3 is 1. The summed E-state index contributed by atoms with van der Waals surface area (Å²) >= 11 is 0. The molecule has 0 N–H and O–H groups in total. The van der Waals surface area contributed by atoms with E-state index in [1.165, 1.54) is 0 Å². The molecule has 0 spiro atoms. The van der Waals surface area contributed by atoms with Gasteiger partial charge in [-0.3, -0.25) is 0 Å². The monoisotopic (exact) mass is 289 g/mol. The Balaban J connectivity index is 2.77. The van der Waals surface area contributed by atoms with Gasteiger partial charge < -0.3 is 4.74 Å². The smallest absolute Gasteiger partial charge is 0.134 e. The van der Waals surface area contributed by atoms with Crippen LogP contribution in [0.15, 0.2) is 60.7 Å². The molecule has 0 saturated carbocycles. The first-order valence-electron chi connectivity index (χ1n) is 7.22. The van der Waals surface area contributed by atoms with Crippen LogP contribution in [0.1, 0.15) is 25.0 Å². The van der Waals surface area contributed by atoms with Crippen LogP contribution in [0.5, 0.6) is 5.75 Å². The second kappa shape index (κ2) is 7.28. The molecule has 2 aromatic rings. The molecule has 0 atom stereocenters. The summed E-state index contributed by atoms with van der Waals surface area (Å²) in [5.41, 5.74) is 4.56. The Morgan fingerprint density at radius 1 is 1.14 bits per heavy atom. The van der Waals surface area contributed by atoms with Crippen LogP contribution in [0.25, 0.3) is 16.7 Å². The number of hydrogen-bond acceptors (Lipinski definition) is 2. The largest absolute Gasteiger partial charge is 0.495 e. The van der Waals surface area contributed by atoms with E-state index >= 15 is 0 Å². The Kier molecular flexibility index (Phi) is 5.16. The summed E-state index contributed by atoms with van der Waals surface area (Å²) in [5.74, 6) is 0.788. The molecule has 2 heteroatoms. The lowest BCUT2D eigenvalue weighted by Crippen LogP contribution is -1.96. The van der Waals surface area contributed by atoms with E-state index in [4.69, 9.17) is 4.74 Å². The van der Waals surface area contributed by atoms with Crippen LogP contribution in [0.4, 0.5) is 0 Å². The highest BCUT2D eigenvalue weighted by Gasteiger charge is 2.15. The van der Waals surface area contributed by atoms with Gasteiger partial charge in [-0.2, -0.15) is 5.26 Å². The minimum Gasteiger partial charge on any atom is -0.495 e. The molecule has 0 fully saturated rings. The zero-order valence-corrected chi connectivity index (χ0v) is 13.1. The van der Waals surface area contributed by atoms with Crippen molar-refractivity contribution >= 4 is 5.57 Å². The van der Waals surface area contributed by atoms with E-state index in [-0.39, 0.29) is 0 Å². The number of benzene rings is 2. The minimum absolute atomic E-state index is 0.624. The van der Waals surface area contributed by atoms with Gasteiger partial charge in [-0.1, -0.05) is 48.6 Å². The maximum absolute atomic E-state index is 9.35. The zero-order chi connectivity index (χ0) is 15.9. The van der Waals surface area contributed by atoms with Crippen molar-refractivity contribution in [2.24, 2.45) is 0 Å². The third-order valence-electron chi connectivity index (χ3n) is 3.48. The molecular formula is C20H19NO. The van der Waals surface area contributed by atoms with Crippen LogP contribution in [-0.4, -0.2) is 7.11 Å². The van der Waals surface area contributed by atoms with Gasteiger partial charge in [-0.05, 0) is 37.1 Å². The number of hydrogen-bond donors (Lipinski definition) is 0. The number of allylic oxidation sites excluding steroid dienone is 4. The van der Waals surface area contributed by atoms with Gasteiger partial charge in [-0.15, -0.1) is 0 Å². The van der Waals surface area contributed by atoms with Gasteiger partial charge in [0, 0.05) is 11.1 Å². The molecule has 0 aliphatic heterocycles. The second-order valence-corrected chi connectivity index (χ2v) is 4.83. The van der Waals surface area contributed by atoms with E-state index in [1.54, 1.807) is 7.11 Å². The Morgan fingerprint density at radius 2 is 1.86 bits per heavy atom. The molecule has 110 valence electrons. The number of nitriles is 1. The van der Waals surface area contributed by atoms with Crippen molar-refractivity contribution in [1.29, 1.82) is 5.26 Å². The van der Waals surface area contributed by atoms with Crippen molar-refractivity contribution < 1.29 is 4.74 Å². The van der Waals surface area contributed by atoms with Gasteiger partial charge in [0.05, 0.1) is 18.7 Å². The average molecular weight is 289 g/mol. The van der Waals surface area contributed by atoms with Crippen LogP contribution >= 0.6 is 0 Å². The van der Waals surface area contributed by atoms with Crippen molar-refractivity contribution in [2.75, 3.05) is 7.11 Å². The summed E-state index contributed by atoms with van der Waals surface area (Å²) in [5, 5.41) is 9.35. The highest BCUT2D eigenvalue weighted by molar-refractivity contribution is 5.85. The maximum Gasteiger partial charge on any atom is 0.134 e. The van der Waals surface area contributed by atoms with Gasteiger partial charge in [-0.25, -0.2) is 0 Å². The maximum atomic E-state index is 9.35. The van der Waals surface area contributed by atoms with Crippen molar-refractivity contribution in [2.45, 2.75) is 13.8 Å². The van der Waals surface area contributed by atoms with E-state index in [2.05, 4.69) is 6.07 Å². The molecule has 0 aliphatic carbocycles. The van der Waals surface area contributed by atoms with Gasteiger partial charge in [0.25, 0.3) is 0 Å². The number of ether oxygens (including phenoxy) is 1. The van der Waals surface area contributed by atoms with Gasteiger partial charge in [0.1, 0.15) is 5.75 Å². The summed E-state index contributed by atoms with van der Waals surface area (Å²) in [6.45, 7) is 3.96. The molecular weight excluding hydrogens is 270 g/mol. The molecule has 0 radical (unpaired) electrons. The van der Waals surface area contributed by atoms with E-state index in [1.807, 2.05) is 74.5 Å². The van der Waals surface area contributed by atoms with E-state index in [9.17, 15) is 5.26 Å². The minimum atomic E-state index is 0.624. The highest BCUT2D eigenvalue weighted by atomic mass is 16.5. The first kappa shape index (κ1) is 15.6. The van der Waals surface area contributed by atoms with Gasteiger partial charge in [0.2, 0.25) is 0 Å². The Morgan fingerprint density at radius 3 is 2.41 bits per heavy atom. The molecule has 22 heavy (non-hydrogen) atoms. The Hall–Kier alpha value is -2.79. The highest BCUT2D eigenvalue weighted by Crippen LogP contribution is 2.38. The predicted octanol–water partition coefficient (Wildman–Crippen LogP) is 5.21. The molecule has 2 nitrogen and oxygen atoms in total. The molecule has 0 unspecified atom stereocenters. The second-order valence-electron chi connectivity index (χ2n) is 4.83. The first-order valence-corrected chi connectivity index (χ1v) is 7.22. The third-order valence-corrected chi connectivity index (χ3v) is 3.48. The molecule has 0 aromatic heterocycles. The SMILES string of the molecule is C/C=C\C(=C/C)c1cc(C#N)cc(-c2ccccc2)c1OC. The van der Waals surface area contributed by atoms with Crippen molar-refractivity contribution in [3.05, 3.63) is 71.8 Å². The van der Waals surface area contributed by atoms with Crippen LogP contribution in [-0.2, 0) is 0 Å². The normalized spacial score (nSPS) is 11.5. The van der Waals surface area contributed by atoms with Crippen LogP contribution in [0, 0.1) is 11.3 Å². The summed E-state index contributed by atoms with van der Waals surface area (Å²) < 4.78 is 5.68. The quantitative estimate of drug-likeness (QED) is 0.723. The topological polar surface area (TPSA) is 33.0 Å². The van der Waals surface area contributed by atoms with Gasteiger partial charge >= 0.3 is 0 Å². The van der Waals surface area contributed by atoms with Crippen molar-refractivity contribution in [3.8, 4) is 22.9 Å². The van der Waals surface area contributed by atoms with Crippen molar-refractivity contribution in [3.63, 3.8) is 0 Å². The third kappa shape index (κ3) is 3.10. The fourth-order valence-corrected chi connectivity index (χ4v) is 2.48. The zero-order valence-electron chi connectivity index (χ0n) is 13.1. The Labute approximate surface area is 132 Å². The van der Waals surface area contributed by atoms with E-state index in [0.29, 0.717) is 5.56 Å². The lowest BCUT2D eigenvalue weighted by atomic mass is 9.94. The molecule has 0 saturated heterocycles. The molecule has 2 aromatic carbocycles. The molecule has 0 bridgehead atoms. The summed E-state index contributed by atoms with van der Waals surface area (Å²) in [4.78, 5) is 0. The van der Waals surface area contributed by atoms with Gasteiger partial charge in [0.15, 0.2) is 0 Å². The predicted molar refractivity (Wildman–Crippen MR) is 91.6 cm³/mol. The number of nitrogens with zero attached hydrogens (tertiary/aromatic N) is 1. The van der Waals surface area contributed by atoms with Crippen LogP contribution < -0.4 is 4.74 Å². The lowest BCUT2D eigenvalue weighted by molar-refractivity contribution is 0.415. The van der Waals surface area contributed by atoms with Crippen LogP contribution in [0.2, 0.25) is 0 Å². The fourth-order valence-electron chi connectivity index (χ4n) is 2.48. The number of rotatable bonds is 4. The molecule has 0 aliphatic rings. The standard InChI is InChI=1S/C20H19NO/c1-4-9-16(5-2)18-12-15(14-21)13-19(20(18)22-3)17-10-7-6-8-11-17/h4-13H,1-3H3/b9-4-,16-5+. The molecule has 0 amide bonds. The van der Waals surface area contributed by atoms with E-state index in [0.717, 1.165) is 28.0 Å². The summed E-state index contributed by atoms with van der Waals surface area (Å²) in [6.07, 6.45) is 6.03. The summed E-state index contributed by atoms with van der Waals surface area (Å²) in [6, 6.07) is 16.0. The van der Waals surface area contributed by atoms with Crippen molar-refractivity contribution in [1.82, 2.24) is 0 Å². The van der Waals surface area contributed by atoms with Crippen LogP contribution in [0.3, 0.4) is 0 Å². The molecule has 2 rings (SSSR count). The Bertz CT molecular complexity index is 749. The fraction of sp³-hybridized carbons (Fsp3) is 0.150. The average Bonchev–Trinajstić information content (AvgIpc) is 2.59.